The molecule has 1 aliphatic heterocycles. The summed E-state index contributed by atoms with van der Waals surface area (Å²) in [5.41, 5.74) is 6.40. The van der Waals surface area contributed by atoms with Gasteiger partial charge in [-0.05, 0) is 31.8 Å². The number of carbonyl (C=O) groups excluding carboxylic acids is 1. The van der Waals surface area contributed by atoms with Crippen LogP contribution in [-0.2, 0) is 19.2 Å². The Hall–Kier alpha value is -3.37. The molecule has 14 nitrogen and oxygen atoms in total. The van der Waals surface area contributed by atoms with Crippen molar-refractivity contribution in [2.45, 2.75) is 45.6 Å². The van der Waals surface area contributed by atoms with E-state index in [-0.39, 0.29) is 23.6 Å². The molecular weight excluding hydrogens is 518 g/mol. The molecule has 1 saturated heterocycles. The van der Waals surface area contributed by atoms with Crippen molar-refractivity contribution in [1.29, 1.82) is 0 Å². The molecule has 3 heterocycles. The van der Waals surface area contributed by atoms with Crippen molar-refractivity contribution < 1.29 is 32.3 Å². The molecule has 38 heavy (non-hydrogen) atoms. The van der Waals surface area contributed by atoms with Gasteiger partial charge >= 0.3 is 10.3 Å². The quantitative estimate of drug-likeness (QED) is 0.292. The molecule has 5 N–H and O–H groups in total. The Bertz CT molecular complexity index is 1330. The van der Waals surface area contributed by atoms with Gasteiger partial charge in [-0.25, -0.2) is 19.7 Å². The molecular formula is C23H33N7O7S. The van der Waals surface area contributed by atoms with Gasteiger partial charge in [0.2, 0.25) is 0 Å². The van der Waals surface area contributed by atoms with Gasteiger partial charge in [-0.1, -0.05) is 32.9 Å². The summed E-state index contributed by atoms with van der Waals surface area (Å²) in [6.45, 7) is 9.57. The van der Waals surface area contributed by atoms with E-state index in [1.165, 1.54) is 56.6 Å². The summed E-state index contributed by atoms with van der Waals surface area (Å²) in [4.78, 5) is 26.4. The molecule has 0 aliphatic carbocycles. The highest BCUT2D eigenvalue weighted by molar-refractivity contribution is 7.85. The van der Waals surface area contributed by atoms with Crippen LogP contribution in [0, 0.1) is 0 Å². The second-order valence-corrected chi connectivity index (χ2v) is 9.67. The van der Waals surface area contributed by atoms with E-state index in [9.17, 15) is 23.4 Å². The number of phenolic OH excluding ortho intramolecular Hbond substituents is 1. The fourth-order valence-corrected chi connectivity index (χ4v) is 4.55. The maximum absolute atomic E-state index is 12.1. The number of amides is 1. The minimum atomic E-state index is -4.53. The van der Waals surface area contributed by atoms with Crippen LogP contribution in [0.3, 0.4) is 0 Å². The maximum atomic E-state index is 12.1. The van der Waals surface area contributed by atoms with Gasteiger partial charge in [-0.3, -0.25) is 13.5 Å². The van der Waals surface area contributed by atoms with Crippen LogP contribution in [0.4, 0.5) is 5.82 Å². The number of nitrogen functional groups attached to an aromatic ring is 1. The molecule has 15 heteroatoms. The highest BCUT2D eigenvalue weighted by Crippen LogP contribution is 2.32. The van der Waals surface area contributed by atoms with Crippen LogP contribution in [0.25, 0.3) is 11.2 Å². The summed E-state index contributed by atoms with van der Waals surface area (Å²) in [5.74, 6) is -1.28. The second-order valence-electron chi connectivity index (χ2n) is 8.32. The first-order valence-corrected chi connectivity index (χ1v) is 13.5. The van der Waals surface area contributed by atoms with Crippen molar-refractivity contribution in [3.05, 3.63) is 42.5 Å². The van der Waals surface area contributed by atoms with Gasteiger partial charge in [0.15, 0.2) is 11.5 Å². The smallest absolute Gasteiger partial charge is 0.362 e. The van der Waals surface area contributed by atoms with E-state index in [1.54, 1.807) is 9.29 Å². The van der Waals surface area contributed by atoms with Crippen LogP contribution in [0.5, 0.6) is 5.75 Å². The zero-order valence-electron chi connectivity index (χ0n) is 21.4. The molecule has 3 atom stereocenters. The lowest BCUT2D eigenvalue weighted by atomic mass is 10.2. The molecule has 0 radical (unpaired) electrons. The van der Waals surface area contributed by atoms with Crippen molar-refractivity contribution in [1.82, 2.24) is 29.1 Å². The number of fused-ring (bicyclic) bond motifs is 1. The average Bonchev–Trinajstić information content (AvgIpc) is 3.48. The third-order valence-electron chi connectivity index (χ3n) is 6.00. The topological polar surface area (TPSA) is 195 Å². The summed E-state index contributed by atoms with van der Waals surface area (Å²) in [7, 11) is -4.53. The average molecular weight is 552 g/mol. The van der Waals surface area contributed by atoms with E-state index in [0.717, 1.165) is 0 Å². The number of hydrogen-bond donors (Lipinski definition) is 4. The number of aliphatic hydroxyl groups excluding tert-OH is 1. The number of aromatic nitrogens is 4. The van der Waals surface area contributed by atoms with E-state index in [4.69, 9.17) is 14.7 Å². The summed E-state index contributed by atoms with van der Waals surface area (Å²) >= 11 is 0. The van der Waals surface area contributed by atoms with Crippen LogP contribution < -0.4 is 10.5 Å². The minimum Gasteiger partial charge on any atom is -0.507 e. The zero-order chi connectivity index (χ0) is 27.9. The Balaban J connectivity index is 0.000000505. The third-order valence-corrected chi connectivity index (χ3v) is 6.89. The van der Waals surface area contributed by atoms with Crippen molar-refractivity contribution in [2.75, 3.05) is 32.0 Å². The van der Waals surface area contributed by atoms with Gasteiger partial charge in [-0.2, -0.15) is 8.42 Å². The van der Waals surface area contributed by atoms with Crippen molar-refractivity contribution in [3.63, 3.8) is 0 Å². The molecule has 0 bridgehead atoms. The number of aliphatic hydroxyl groups is 1. The summed E-state index contributed by atoms with van der Waals surface area (Å²) in [6.07, 6.45) is 0.0326. The number of hydrogen-bond acceptors (Lipinski definition) is 12. The second kappa shape index (κ2) is 12.9. The predicted molar refractivity (Wildman–Crippen MR) is 138 cm³/mol. The molecule has 0 spiro atoms. The Labute approximate surface area is 220 Å². The molecule has 3 aromatic rings. The highest BCUT2D eigenvalue weighted by atomic mass is 32.2. The number of aromatic hydroxyl groups is 1. The lowest BCUT2D eigenvalue weighted by Crippen LogP contribution is -2.35. The Morgan fingerprint density at radius 3 is 2.53 bits per heavy atom. The molecule has 2 aromatic heterocycles. The monoisotopic (exact) mass is 551 g/mol. The van der Waals surface area contributed by atoms with Gasteiger partial charge < -0.3 is 25.6 Å². The van der Waals surface area contributed by atoms with Crippen LogP contribution in [-0.4, -0.2) is 87.4 Å². The molecule has 1 aliphatic rings. The maximum Gasteiger partial charge on any atom is 0.362 e. The lowest BCUT2D eigenvalue weighted by Gasteiger charge is -2.16. The fourth-order valence-electron chi connectivity index (χ4n) is 3.84. The molecule has 4 rings (SSSR count). The molecule has 0 saturated carbocycles. The minimum absolute atomic E-state index is 0.109. The van der Waals surface area contributed by atoms with E-state index < -0.39 is 41.3 Å². The number of ether oxygens (including phenoxy) is 1. The predicted octanol–water partition coefficient (Wildman–Crippen LogP) is 0.802. The van der Waals surface area contributed by atoms with E-state index in [0.29, 0.717) is 11.2 Å². The number of nitrogens with two attached hydrogens (primary N) is 1. The van der Waals surface area contributed by atoms with E-state index in [2.05, 4.69) is 40.6 Å². The number of carbonyl (C=O) groups is 1. The lowest BCUT2D eigenvalue weighted by molar-refractivity contribution is -0.0371. The summed E-state index contributed by atoms with van der Waals surface area (Å²) in [6, 6.07) is 5.43. The number of benzene rings is 1. The Kier molecular flexibility index (Phi) is 9.93. The standard InChI is InChI=1S/C17H18N6O7S.C6H15N/c18-15-14-16(20-7-19-15)21-8-23(14)13-5-11(25)12(30-13)6-29-31(27,28)22-17(26)9-3-1-2-4-10(9)24;1-4-7(5-2)6-3/h1-4,7-8,11-13,24-25H,5-6H2,(H,22,26)(H2,18,19,20);4-6H2,1-3H3/t11-,12+,13+;/m0./s1. The molecule has 1 amide bonds. The number of rotatable bonds is 9. The largest absolute Gasteiger partial charge is 0.507 e. The van der Waals surface area contributed by atoms with Gasteiger partial charge in [0.05, 0.1) is 24.6 Å². The van der Waals surface area contributed by atoms with Gasteiger partial charge in [0, 0.05) is 6.42 Å². The first-order chi connectivity index (χ1) is 18.1. The van der Waals surface area contributed by atoms with Gasteiger partial charge in [-0.15, -0.1) is 0 Å². The normalized spacial score (nSPS) is 19.3. The van der Waals surface area contributed by atoms with Gasteiger partial charge in [0.25, 0.3) is 5.91 Å². The zero-order valence-corrected chi connectivity index (χ0v) is 22.2. The number of para-hydroxylation sites is 1. The SMILES string of the molecule is CCN(CC)CC.Nc1ncnc2ncn([C@H]3C[C@H](O)[C@@H](COS(=O)(=O)NC(=O)c4ccccc4O)O3)c12. The van der Waals surface area contributed by atoms with Crippen molar-refractivity contribution in [3.8, 4) is 5.75 Å². The van der Waals surface area contributed by atoms with Crippen molar-refractivity contribution >= 4 is 33.2 Å². The fraction of sp³-hybridized carbons (Fsp3) is 0.478. The number of imidazole rings is 1. The van der Waals surface area contributed by atoms with Crippen LogP contribution >= 0.6 is 0 Å². The highest BCUT2D eigenvalue weighted by Gasteiger charge is 2.37. The molecule has 0 unspecified atom stereocenters. The van der Waals surface area contributed by atoms with E-state index in [1.807, 2.05) is 0 Å². The van der Waals surface area contributed by atoms with E-state index >= 15 is 0 Å². The Morgan fingerprint density at radius 2 is 1.89 bits per heavy atom. The van der Waals surface area contributed by atoms with Crippen LogP contribution in [0.1, 0.15) is 43.8 Å². The molecule has 208 valence electrons. The third kappa shape index (κ3) is 7.14. The number of anilines is 1. The molecule has 1 fully saturated rings. The van der Waals surface area contributed by atoms with Gasteiger partial charge in [0.1, 0.15) is 29.9 Å². The first kappa shape index (κ1) is 29.2. The first-order valence-electron chi connectivity index (χ1n) is 12.1. The van der Waals surface area contributed by atoms with Crippen molar-refractivity contribution in [2.24, 2.45) is 0 Å². The number of nitrogens with one attached hydrogen (secondary N) is 1. The van der Waals surface area contributed by atoms with Crippen LogP contribution in [0.15, 0.2) is 36.9 Å². The Morgan fingerprint density at radius 1 is 1.21 bits per heavy atom. The summed E-state index contributed by atoms with van der Waals surface area (Å²) < 4.78 is 37.9. The summed E-state index contributed by atoms with van der Waals surface area (Å²) in [5, 5.41) is 19.9. The van der Waals surface area contributed by atoms with Crippen LogP contribution in [0.2, 0.25) is 0 Å². The number of phenols is 1. The number of nitrogens with zero attached hydrogens (tertiary/aromatic N) is 5. The molecule has 1 aromatic carbocycles.